The molecule has 0 amide bonds. The predicted octanol–water partition coefficient (Wildman–Crippen LogP) is 2.64. The number of piperidine rings is 2. The van der Waals surface area contributed by atoms with E-state index in [-0.39, 0.29) is 0 Å². The van der Waals surface area contributed by atoms with Crippen LogP contribution in [0.3, 0.4) is 0 Å². The number of nitrogens with zero attached hydrogens (tertiary/aromatic N) is 1. The zero-order valence-corrected chi connectivity index (χ0v) is 13.8. The Bertz CT molecular complexity index is 478. The lowest BCUT2D eigenvalue weighted by molar-refractivity contribution is 0.111. The van der Waals surface area contributed by atoms with E-state index in [0.717, 1.165) is 50.5 Å². The highest BCUT2D eigenvalue weighted by molar-refractivity contribution is 5.48. The number of nitrogens with one attached hydrogen (secondary N) is 1. The molecule has 0 radical (unpaired) electrons. The third kappa shape index (κ3) is 3.55. The summed E-state index contributed by atoms with van der Waals surface area (Å²) in [6.45, 7) is 4.39. The molecule has 1 N–H and O–H groups in total. The molecule has 0 saturated carbocycles. The molecule has 0 spiro atoms. The van der Waals surface area contributed by atoms with Gasteiger partial charge in [-0.2, -0.15) is 0 Å². The molecule has 0 aromatic heterocycles. The van der Waals surface area contributed by atoms with Gasteiger partial charge >= 0.3 is 0 Å². The molecule has 2 saturated heterocycles. The zero-order valence-electron chi connectivity index (χ0n) is 13.8. The SMILES string of the molecule is COc1c(OC2CCN(C)CC2)cccc1C1CCCNC1. The highest BCUT2D eigenvalue weighted by Gasteiger charge is 2.24. The summed E-state index contributed by atoms with van der Waals surface area (Å²) in [6.07, 6.45) is 4.95. The molecule has 0 bridgehead atoms. The molecule has 1 atom stereocenters. The van der Waals surface area contributed by atoms with Gasteiger partial charge in [-0.3, -0.25) is 0 Å². The molecule has 0 aliphatic carbocycles. The van der Waals surface area contributed by atoms with Gasteiger partial charge in [0.1, 0.15) is 6.10 Å². The van der Waals surface area contributed by atoms with Gasteiger partial charge in [0, 0.05) is 31.1 Å². The maximum Gasteiger partial charge on any atom is 0.164 e. The first kappa shape index (κ1) is 15.6. The van der Waals surface area contributed by atoms with Gasteiger partial charge in [-0.1, -0.05) is 12.1 Å². The summed E-state index contributed by atoms with van der Waals surface area (Å²) >= 11 is 0. The normalized spacial score (nSPS) is 24.2. The fourth-order valence-electron chi connectivity index (χ4n) is 3.57. The highest BCUT2D eigenvalue weighted by Crippen LogP contribution is 2.38. The van der Waals surface area contributed by atoms with E-state index in [1.165, 1.54) is 18.4 Å². The van der Waals surface area contributed by atoms with Crippen LogP contribution in [-0.2, 0) is 0 Å². The van der Waals surface area contributed by atoms with Crippen molar-refractivity contribution >= 4 is 0 Å². The van der Waals surface area contributed by atoms with Gasteiger partial charge in [0.15, 0.2) is 11.5 Å². The first-order valence-corrected chi connectivity index (χ1v) is 8.50. The Morgan fingerprint density at radius 3 is 2.68 bits per heavy atom. The third-order valence-electron chi connectivity index (χ3n) is 4.91. The molecule has 1 aromatic rings. The second-order valence-corrected chi connectivity index (χ2v) is 6.54. The van der Waals surface area contributed by atoms with E-state index in [2.05, 4.69) is 35.5 Å². The number of rotatable bonds is 4. The van der Waals surface area contributed by atoms with Crippen LogP contribution in [0.5, 0.6) is 11.5 Å². The van der Waals surface area contributed by atoms with Gasteiger partial charge in [0.2, 0.25) is 0 Å². The van der Waals surface area contributed by atoms with Crippen LogP contribution >= 0.6 is 0 Å². The summed E-state index contributed by atoms with van der Waals surface area (Å²) in [4.78, 5) is 2.36. The number of hydrogen-bond donors (Lipinski definition) is 1. The van der Waals surface area contributed by atoms with Crippen molar-refractivity contribution in [1.29, 1.82) is 0 Å². The Hall–Kier alpha value is -1.26. The largest absolute Gasteiger partial charge is 0.493 e. The molecule has 4 heteroatoms. The van der Waals surface area contributed by atoms with E-state index in [0.29, 0.717) is 12.0 Å². The Balaban J connectivity index is 1.75. The van der Waals surface area contributed by atoms with E-state index in [4.69, 9.17) is 9.47 Å². The minimum absolute atomic E-state index is 0.310. The molecular formula is C18H28N2O2. The molecule has 1 unspecified atom stereocenters. The van der Waals surface area contributed by atoms with Crippen LogP contribution in [0.25, 0.3) is 0 Å². The van der Waals surface area contributed by atoms with E-state index >= 15 is 0 Å². The van der Waals surface area contributed by atoms with E-state index in [1.54, 1.807) is 7.11 Å². The van der Waals surface area contributed by atoms with Crippen LogP contribution in [-0.4, -0.2) is 51.3 Å². The molecule has 3 rings (SSSR count). The molecule has 2 fully saturated rings. The minimum atomic E-state index is 0.310. The van der Waals surface area contributed by atoms with Gasteiger partial charge in [0.05, 0.1) is 7.11 Å². The van der Waals surface area contributed by atoms with E-state index in [9.17, 15) is 0 Å². The standard InChI is InChI=1S/C18H28N2O2/c1-20-11-8-15(9-12-20)22-17-7-3-6-16(18(17)21-2)14-5-4-10-19-13-14/h3,6-7,14-15,19H,4-5,8-13H2,1-2H3. The van der Waals surface area contributed by atoms with Gasteiger partial charge in [-0.15, -0.1) is 0 Å². The average molecular weight is 304 g/mol. The number of para-hydroxylation sites is 1. The van der Waals surface area contributed by atoms with Crippen LogP contribution < -0.4 is 14.8 Å². The van der Waals surface area contributed by atoms with Crippen molar-refractivity contribution in [3.05, 3.63) is 23.8 Å². The summed E-state index contributed by atoms with van der Waals surface area (Å²) in [6, 6.07) is 6.35. The number of hydrogen-bond acceptors (Lipinski definition) is 4. The van der Waals surface area contributed by atoms with Gasteiger partial charge < -0.3 is 19.7 Å². The molecule has 2 aliphatic heterocycles. The number of likely N-dealkylation sites (tertiary alicyclic amines) is 1. The summed E-state index contributed by atoms with van der Waals surface area (Å²) in [5, 5.41) is 3.49. The second kappa shape index (κ2) is 7.34. The lowest BCUT2D eigenvalue weighted by Gasteiger charge is -2.31. The van der Waals surface area contributed by atoms with Crippen molar-refractivity contribution in [1.82, 2.24) is 10.2 Å². The molecule has 22 heavy (non-hydrogen) atoms. The number of methoxy groups -OCH3 is 1. The summed E-state index contributed by atoms with van der Waals surface area (Å²) in [5.41, 5.74) is 1.29. The fraction of sp³-hybridized carbons (Fsp3) is 0.667. The topological polar surface area (TPSA) is 33.7 Å². The Morgan fingerprint density at radius 1 is 1.18 bits per heavy atom. The second-order valence-electron chi connectivity index (χ2n) is 6.54. The average Bonchev–Trinajstić information content (AvgIpc) is 2.57. The Kier molecular flexibility index (Phi) is 5.21. The zero-order chi connectivity index (χ0) is 15.4. The van der Waals surface area contributed by atoms with Crippen molar-refractivity contribution in [2.75, 3.05) is 40.3 Å². The lowest BCUT2D eigenvalue weighted by Crippen LogP contribution is -2.35. The van der Waals surface area contributed by atoms with Crippen LogP contribution in [0, 0.1) is 0 Å². The number of benzene rings is 1. The molecular weight excluding hydrogens is 276 g/mol. The van der Waals surface area contributed by atoms with E-state index < -0.39 is 0 Å². The third-order valence-corrected chi connectivity index (χ3v) is 4.91. The summed E-state index contributed by atoms with van der Waals surface area (Å²) in [5.74, 6) is 2.39. The molecule has 4 nitrogen and oxygen atoms in total. The monoisotopic (exact) mass is 304 g/mol. The predicted molar refractivity (Wildman–Crippen MR) is 89.0 cm³/mol. The van der Waals surface area contributed by atoms with Gasteiger partial charge in [-0.05, 0) is 45.3 Å². The Morgan fingerprint density at radius 2 is 2.00 bits per heavy atom. The van der Waals surface area contributed by atoms with Crippen LogP contribution in [0.15, 0.2) is 18.2 Å². The fourth-order valence-corrected chi connectivity index (χ4v) is 3.57. The smallest absolute Gasteiger partial charge is 0.164 e. The van der Waals surface area contributed by atoms with Crippen molar-refractivity contribution in [2.24, 2.45) is 0 Å². The van der Waals surface area contributed by atoms with Crippen molar-refractivity contribution in [2.45, 2.75) is 37.7 Å². The van der Waals surface area contributed by atoms with Crippen LogP contribution in [0.4, 0.5) is 0 Å². The highest BCUT2D eigenvalue weighted by atomic mass is 16.5. The lowest BCUT2D eigenvalue weighted by atomic mass is 9.91. The first-order chi connectivity index (χ1) is 10.8. The summed E-state index contributed by atoms with van der Waals surface area (Å²) < 4.78 is 12.0. The quantitative estimate of drug-likeness (QED) is 0.927. The van der Waals surface area contributed by atoms with Gasteiger partial charge in [0.25, 0.3) is 0 Å². The van der Waals surface area contributed by atoms with Crippen LogP contribution in [0.2, 0.25) is 0 Å². The molecule has 1 aromatic carbocycles. The minimum Gasteiger partial charge on any atom is -0.493 e. The maximum absolute atomic E-state index is 6.29. The maximum atomic E-state index is 6.29. The first-order valence-electron chi connectivity index (χ1n) is 8.50. The number of ether oxygens (including phenoxy) is 2. The van der Waals surface area contributed by atoms with Crippen molar-refractivity contribution in [3.8, 4) is 11.5 Å². The molecule has 2 aliphatic rings. The van der Waals surface area contributed by atoms with Crippen molar-refractivity contribution in [3.63, 3.8) is 0 Å². The summed E-state index contributed by atoms with van der Waals surface area (Å²) in [7, 11) is 3.93. The van der Waals surface area contributed by atoms with E-state index in [1.807, 2.05) is 0 Å². The van der Waals surface area contributed by atoms with Crippen molar-refractivity contribution < 1.29 is 9.47 Å². The molecule has 2 heterocycles. The molecule has 122 valence electrons. The van der Waals surface area contributed by atoms with Crippen LogP contribution in [0.1, 0.15) is 37.2 Å². The Labute approximate surface area is 133 Å². The van der Waals surface area contributed by atoms with Gasteiger partial charge in [-0.25, -0.2) is 0 Å².